The van der Waals surface area contributed by atoms with Gasteiger partial charge in [-0.3, -0.25) is 4.79 Å². The summed E-state index contributed by atoms with van der Waals surface area (Å²) in [6.45, 7) is 2.40. The van der Waals surface area contributed by atoms with Gasteiger partial charge in [0.2, 0.25) is 11.8 Å². The van der Waals surface area contributed by atoms with Crippen molar-refractivity contribution in [1.29, 1.82) is 0 Å². The Morgan fingerprint density at radius 1 is 1.15 bits per heavy atom. The van der Waals surface area contributed by atoms with E-state index in [1.165, 1.54) is 0 Å². The normalized spacial score (nSPS) is 13.6. The molecule has 0 saturated heterocycles. The van der Waals surface area contributed by atoms with Gasteiger partial charge in [-0.15, -0.1) is 0 Å². The summed E-state index contributed by atoms with van der Waals surface area (Å²) < 4.78 is 5.60. The zero-order valence-corrected chi connectivity index (χ0v) is 14.5. The van der Waals surface area contributed by atoms with Crippen molar-refractivity contribution in [2.45, 2.75) is 25.8 Å². The molecular formula is C20H20N4O2. The summed E-state index contributed by atoms with van der Waals surface area (Å²) in [6.07, 6.45) is 2.16. The van der Waals surface area contributed by atoms with Gasteiger partial charge < -0.3 is 15.8 Å². The maximum absolute atomic E-state index is 12.1. The smallest absolute Gasteiger partial charge is 0.251 e. The van der Waals surface area contributed by atoms with Crippen molar-refractivity contribution in [2.24, 2.45) is 0 Å². The molecule has 0 atom stereocenters. The Kier molecular flexibility index (Phi) is 4.16. The minimum Gasteiger partial charge on any atom is -0.477 e. The molecule has 1 fully saturated rings. The van der Waals surface area contributed by atoms with Gasteiger partial charge in [0.1, 0.15) is 0 Å². The van der Waals surface area contributed by atoms with Gasteiger partial charge in [-0.05, 0) is 55.2 Å². The number of carbonyl (C=O) groups is 1. The molecule has 0 spiro atoms. The number of rotatable bonds is 5. The number of nitrogens with zero attached hydrogens (tertiary/aromatic N) is 2. The van der Waals surface area contributed by atoms with E-state index in [4.69, 9.17) is 10.5 Å². The van der Waals surface area contributed by atoms with E-state index in [1.54, 1.807) is 0 Å². The Hall–Kier alpha value is -3.15. The predicted octanol–water partition coefficient (Wildman–Crippen LogP) is 3.17. The summed E-state index contributed by atoms with van der Waals surface area (Å²) in [7, 11) is 0. The fourth-order valence-corrected chi connectivity index (χ4v) is 2.85. The highest BCUT2D eigenvalue weighted by Crippen LogP contribution is 2.29. The zero-order valence-electron chi connectivity index (χ0n) is 14.5. The lowest BCUT2D eigenvalue weighted by atomic mass is 10.0. The summed E-state index contributed by atoms with van der Waals surface area (Å²) in [6, 6.07) is 13.8. The molecule has 6 heteroatoms. The van der Waals surface area contributed by atoms with Crippen LogP contribution < -0.4 is 15.8 Å². The highest BCUT2D eigenvalue weighted by Gasteiger charge is 2.23. The third-order valence-corrected chi connectivity index (χ3v) is 4.35. The molecule has 1 aliphatic carbocycles. The van der Waals surface area contributed by atoms with Gasteiger partial charge in [0.05, 0.1) is 17.5 Å². The third kappa shape index (κ3) is 3.31. The summed E-state index contributed by atoms with van der Waals surface area (Å²) in [5.74, 6) is 0.664. The number of ether oxygens (including phenoxy) is 1. The van der Waals surface area contributed by atoms with Crippen molar-refractivity contribution in [3.8, 4) is 17.0 Å². The lowest BCUT2D eigenvalue weighted by Crippen LogP contribution is -2.25. The zero-order chi connectivity index (χ0) is 18.1. The highest BCUT2D eigenvalue weighted by molar-refractivity contribution is 5.95. The Bertz CT molecular complexity index is 965. The van der Waals surface area contributed by atoms with E-state index in [-0.39, 0.29) is 11.9 Å². The molecule has 1 saturated carbocycles. The minimum atomic E-state index is -0.0138. The second-order valence-corrected chi connectivity index (χ2v) is 6.38. The number of amides is 1. The second kappa shape index (κ2) is 6.63. The predicted molar refractivity (Wildman–Crippen MR) is 101 cm³/mol. The van der Waals surface area contributed by atoms with Crippen LogP contribution in [-0.2, 0) is 0 Å². The van der Waals surface area contributed by atoms with Gasteiger partial charge in [0.25, 0.3) is 5.91 Å². The summed E-state index contributed by atoms with van der Waals surface area (Å²) in [5, 5.41) is 3.81. The summed E-state index contributed by atoms with van der Waals surface area (Å²) in [4.78, 5) is 20.6. The van der Waals surface area contributed by atoms with E-state index >= 15 is 0 Å². The average molecular weight is 348 g/mol. The molecule has 6 nitrogen and oxygen atoms in total. The maximum atomic E-state index is 12.1. The Labute approximate surface area is 151 Å². The van der Waals surface area contributed by atoms with E-state index in [0.717, 1.165) is 34.9 Å². The molecule has 4 rings (SSSR count). The van der Waals surface area contributed by atoms with E-state index in [2.05, 4.69) is 15.3 Å². The molecule has 0 unspecified atom stereocenters. The first kappa shape index (κ1) is 16.3. The van der Waals surface area contributed by atoms with Gasteiger partial charge in [-0.25, -0.2) is 4.98 Å². The average Bonchev–Trinajstić information content (AvgIpc) is 3.46. The van der Waals surface area contributed by atoms with Crippen LogP contribution in [0.3, 0.4) is 0 Å². The topological polar surface area (TPSA) is 90.1 Å². The van der Waals surface area contributed by atoms with Crippen LogP contribution in [0.25, 0.3) is 22.0 Å². The van der Waals surface area contributed by atoms with E-state index in [9.17, 15) is 4.79 Å². The fourth-order valence-electron chi connectivity index (χ4n) is 2.85. The quantitative estimate of drug-likeness (QED) is 0.739. The van der Waals surface area contributed by atoms with Crippen molar-refractivity contribution in [3.05, 3.63) is 48.0 Å². The lowest BCUT2D eigenvalue weighted by Gasteiger charge is -2.09. The first-order chi connectivity index (χ1) is 12.6. The Balaban J connectivity index is 1.66. The standard InChI is InChI=1S/C20H20N4O2/c1-2-26-19-16-11-14(7-10-17(16)23-20(21)24-19)12-3-5-13(6-4-12)18(25)22-15-8-9-15/h3-7,10-11,15H,2,8-9H2,1H3,(H,22,25)(H2,21,23,24). The molecule has 3 aromatic rings. The molecule has 1 amide bonds. The molecule has 26 heavy (non-hydrogen) atoms. The number of nitrogen functional groups attached to an aromatic ring is 1. The molecule has 0 aliphatic heterocycles. The number of nitrogens with two attached hydrogens (primary N) is 1. The van der Waals surface area contributed by atoms with Gasteiger partial charge in [0, 0.05) is 11.6 Å². The molecular weight excluding hydrogens is 328 g/mol. The number of nitrogens with one attached hydrogen (secondary N) is 1. The van der Waals surface area contributed by atoms with Crippen molar-refractivity contribution >= 4 is 22.8 Å². The number of benzene rings is 2. The van der Waals surface area contributed by atoms with Crippen LogP contribution in [0.1, 0.15) is 30.1 Å². The first-order valence-corrected chi connectivity index (χ1v) is 8.75. The maximum Gasteiger partial charge on any atom is 0.251 e. The molecule has 0 bridgehead atoms. The van der Waals surface area contributed by atoms with Crippen LogP contribution in [0.2, 0.25) is 0 Å². The fraction of sp³-hybridized carbons (Fsp3) is 0.250. The van der Waals surface area contributed by atoms with Crippen LogP contribution in [-0.4, -0.2) is 28.5 Å². The number of fused-ring (bicyclic) bond motifs is 1. The molecule has 0 radical (unpaired) electrons. The van der Waals surface area contributed by atoms with Gasteiger partial charge in [-0.2, -0.15) is 4.98 Å². The van der Waals surface area contributed by atoms with Crippen molar-refractivity contribution in [3.63, 3.8) is 0 Å². The minimum absolute atomic E-state index is 0.0138. The number of hydrogen-bond donors (Lipinski definition) is 2. The van der Waals surface area contributed by atoms with Crippen LogP contribution in [0.5, 0.6) is 5.88 Å². The van der Waals surface area contributed by atoms with E-state index in [0.29, 0.717) is 24.1 Å². The van der Waals surface area contributed by atoms with Crippen LogP contribution >= 0.6 is 0 Å². The molecule has 132 valence electrons. The van der Waals surface area contributed by atoms with Gasteiger partial charge in [0.15, 0.2) is 0 Å². The SMILES string of the molecule is CCOc1nc(N)nc2ccc(-c3ccc(C(=O)NC4CC4)cc3)cc12. The molecule has 2 aromatic carbocycles. The molecule has 1 heterocycles. The van der Waals surface area contributed by atoms with Gasteiger partial charge >= 0.3 is 0 Å². The number of aromatic nitrogens is 2. The van der Waals surface area contributed by atoms with E-state index < -0.39 is 0 Å². The monoisotopic (exact) mass is 348 g/mol. The molecule has 1 aromatic heterocycles. The summed E-state index contributed by atoms with van der Waals surface area (Å²) in [5.41, 5.74) is 9.17. The van der Waals surface area contributed by atoms with Crippen LogP contribution in [0.15, 0.2) is 42.5 Å². The van der Waals surface area contributed by atoms with Crippen LogP contribution in [0, 0.1) is 0 Å². The summed E-state index contributed by atoms with van der Waals surface area (Å²) >= 11 is 0. The number of anilines is 1. The number of carbonyl (C=O) groups excluding carboxylic acids is 1. The van der Waals surface area contributed by atoms with Crippen molar-refractivity contribution in [2.75, 3.05) is 12.3 Å². The highest BCUT2D eigenvalue weighted by atomic mass is 16.5. The Morgan fingerprint density at radius 3 is 2.58 bits per heavy atom. The van der Waals surface area contributed by atoms with Crippen LogP contribution in [0.4, 0.5) is 5.95 Å². The van der Waals surface area contributed by atoms with Crippen molar-refractivity contribution < 1.29 is 9.53 Å². The van der Waals surface area contributed by atoms with Gasteiger partial charge in [-0.1, -0.05) is 18.2 Å². The van der Waals surface area contributed by atoms with Crippen molar-refractivity contribution in [1.82, 2.24) is 15.3 Å². The Morgan fingerprint density at radius 2 is 1.88 bits per heavy atom. The largest absolute Gasteiger partial charge is 0.477 e. The third-order valence-electron chi connectivity index (χ3n) is 4.35. The number of hydrogen-bond acceptors (Lipinski definition) is 5. The molecule has 3 N–H and O–H groups in total. The molecule has 1 aliphatic rings. The first-order valence-electron chi connectivity index (χ1n) is 8.75. The van der Waals surface area contributed by atoms with E-state index in [1.807, 2.05) is 49.4 Å². The second-order valence-electron chi connectivity index (χ2n) is 6.38. The lowest BCUT2D eigenvalue weighted by molar-refractivity contribution is 0.0951.